The molecule has 1 atom stereocenters. The molecule has 0 radical (unpaired) electrons. The fourth-order valence-electron chi connectivity index (χ4n) is 2.64. The average Bonchev–Trinajstić information content (AvgIpc) is 3.22. The van der Waals surface area contributed by atoms with Crippen LogP contribution in [0.5, 0.6) is 0 Å². The summed E-state index contributed by atoms with van der Waals surface area (Å²) < 4.78 is 5.20. The third-order valence-electron chi connectivity index (χ3n) is 4.10. The second kappa shape index (κ2) is 7.37. The zero-order valence-corrected chi connectivity index (χ0v) is 14.3. The third-order valence-corrected chi connectivity index (χ3v) is 4.10. The molecule has 0 saturated carbocycles. The van der Waals surface area contributed by atoms with Crippen molar-refractivity contribution in [2.75, 3.05) is 6.54 Å². The predicted molar refractivity (Wildman–Crippen MR) is 96.9 cm³/mol. The molecule has 0 aliphatic carbocycles. The van der Waals surface area contributed by atoms with Crippen molar-refractivity contribution in [3.63, 3.8) is 0 Å². The lowest BCUT2D eigenvalue weighted by molar-refractivity contribution is 0.0330. The molecule has 5 heteroatoms. The lowest BCUT2D eigenvalue weighted by Gasteiger charge is -2.21. The fourth-order valence-corrected chi connectivity index (χ4v) is 2.64. The van der Waals surface area contributed by atoms with Gasteiger partial charge in [0.15, 0.2) is 5.78 Å². The van der Waals surface area contributed by atoms with E-state index in [1.165, 1.54) is 6.26 Å². The summed E-state index contributed by atoms with van der Waals surface area (Å²) in [5.41, 5.74) is -0.266. The summed E-state index contributed by atoms with van der Waals surface area (Å²) >= 11 is 0. The van der Waals surface area contributed by atoms with Gasteiger partial charge in [-0.05, 0) is 25.1 Å². The number of amides is 1. The van der Waals surface area contributed by atoms with Gasteiger partial charge in [-0.2, -0.15) is 0 Å². The first-order valence-electron chi connectivity index (χ1n) is 8.22. The average molecular weight is 349 g/mol. The van der Waals surface area contributed by atoms with Crippen LogP contribution in [-0.4, -0.2) is 23.3 Å². The van der Waals surface area contributed by atoms with Crippen molar-refractivity contribution in [2.45, 2.75) is 12.5 Å². The van der Waals surface area contributed by atoms with Crippen LogP contribution in [-0.2, 0) is 5.60 Å². The van der Waals surface area contributed by atoms with E-state index in [-0.39, 0.29) is 17.9 Å². The van der Waals surface area contributed by atoms with Gasteiger partial charge in [0.1, 0.15) is 11.4 Å². The van der Waals surface area contributed by atoms with Crippen molar-refractivity contribution >= 4 is 11.7 Å². The van der Waals surface area contributed by atoms with Crippen LogP contribution in [0.4, 0.5) is 0 Å². The normalized spacial score (nSPS) is 13.0. The molecule has 0 fully saturated rings. The van der Waals surface area contributed by atoms with Gasteiger partial charge >= 0.3 is 0 Å². The minimum Gasteiger partial charge on any atom is -0.466 e. The van der Waals surface area contributed by atoms with Gasteiger partial charge in [-0.3, -0.25) is 9.59 Å². The van der Waals surface area contributed by atoms with E-state index in [9.17, 15) is 14.7 Å². The smallest absolute Gasteiger partial charge is 0.252 e. The molecule has 3 rings (SSSR count). The Kier molecular flexibility index (Phi) is 5.00. The van der Waals surface area contributed by atoms with Gasteiger partial charge in [0, 0.05) is 11.1 Å². The lowest BCUT2D eigenvalue weighted by Crippen LogP contribution is -2.38. The molecule has 1 amide bonds. The minimum atomic E-state index is -1.35. The van der Waals surface area contributed by atoms with Crippen LogP contribution in [0.3, 0.4) is 0 Å². The number of rotatable bonds is 6. The summed E-state index contributed by atoms with van der Waals surface area (Å²) in [6.45, 7) is 1.50. The molecule has 0 aliphatic rings. The summed E-state index contributed by atoms with van der Waals surface area (Å²) in [7, 11) is 0. The molecule has 26 heavy (non-hydrogen) atoms. The van der Waals surface area contributed by atoms with Gasteiger partial charge < -0.3 is 14.8 Å². The number of carbonyl (C=O) groups is 2. The van der Waals surface area contributed by atoms with Gasteiger partial charge in [0.2, 0.25) is 0 Å². The number of aliphatic hydroxyl groups is 1. The number of furan rings is 1. The second-order valence-electron chi connectivity index (χ2n) is 6.17. The number of benzene rings is 2. The maximum absolute atomic E-state index is 12.7. The third kappa shape index (κ3) is 3.73. The summed E-state index contributed by atoms with van der Waals surface area (Å²) in [5, 5.41) is 13.1. The molecule has 2 N–H and O–H groups in total. The molecular formula is C21H19NO4. The van der Waals surface area contributed by atoms with Gasteiger partial charge in [0.05, 0.1) is 18.4 Å². The van der Waals surface area contributed by atoms with Crippen molar-refractivity contribution in [3.05, 3.63) is 95.4 Å². The topological polar surface area (TPSA) is 79.5 Å². The van der Waals surface area contributed by atoms with Crippen molar-refractivity contribution < 1.29 is 19.1 Å². The molecule has 2 aromatic carbocycles. The predicted octanol–water partition coefficient (Wildman–Crippen LogP) is 3.15. The monoisotopic (exact) mass is 349 g/mol. The molecular weight excluding hydrogens is 330 g/mol. The van der Waals surface area contributed by atoms with Crippen molar-refractivity contribution in [3.8, 4) is 0 Å². The first-order chi connectivity index (χ1) is 12.5. The Balaban J connectivity index is 1.79. The van der Waals surface area contributed by atoms with Crippen molar-refractivity contribution in [1.82, 2.24) is 5.32 Å². The van der Waals surface area contributed by atoms with E-state index in [1.54, 1.807) is 67.6 Å². The van der Waals surface area contributed by atoms with Crippen LogP contribution in [0.25, 0.3) is 0 Å². The Morgan fingerprint density at radius 2 is 1.62 bits per heavy atom. The highest BCUT2D eigenvalue weighted by Crippen LogP contribution is 2.20. The second-order valence-corrected chi connectivity index (χ2v) is 6.17. The highest BCUT2D eigenvalue weighted by molar-refractivity contribution is 6.15. The quantitative estimate of drug-likeness (QED) is 0.670. The Hall–Kier alpha value is -3.18. The Labute approximate surface area is 151 Å². The van der Waals surface area contributed by atoms with E-state index >= 15 is 0 Å². The van der Waals surface area contributed by atoms with Gasteiger partial charge in [-0.1, -0.05) is 48.5 Å². The summed E-state index contributed by atoms with van der Waals surface area (Å²) in [5.74, 6) is -0.308. The maximum atomic E-state index is 12.7. The van der Waals surface area contributed by atoms with E-state index in [0.717, 1.165) is 0 Å². The van der Waals surface area contributed by atoms with Crippen molar-refractivity contribution in [2.24, 2.45) is 0 Å². The molecule has 1 unspecified atom stereocenters. The summed E-state index contributed by atoms with van der Waals surface area (Å²) in [6, 6.07) is 18.7. The molecule has 0 aliphatic heterocycles. The van der Waals surface area contributed by atoms with Gasteiger partial charge in [0.25, 0.3) is 5.91 Å². The van der Waals surface area contributed by atoms with Crippen LogP contribution in [0, 0.1) is 0 Å². The van der Waals surface area contributed by atoms with E-state index in [2.05, 4.69) is 5.32 Å². The number of hydrogen-bond acceptors (Lipinski definition) is 4. The molecule has 1 heterocycles. The SMILES string of the molecule is CC(O)(CNC(=O)c1ccccc1C(=O)c1ccccc1)c1ccco1. The Morgan fingerprint density at radius 3 is 2.27 bits per heavy atom. The largest absolute Gasteiger partial charge is 0.466 e. The number of carbonyl (C=O) groups excluding carboxylic acids is 2. The van der Waals surface area contributed by atoms with Crippen LogP contribution in [0.15, 0.2) is 77.4 Å². The minimum absolute atomic E-state index is 0.0484. The Morgan fingerprint density at radius 1 is 0.962 bits per heavy atom. The number of hydrogen-bond donors (Lipinski definition) is 2. The van der Waals surface area contributed by atoms with Crippen LogP contribution < -0.4 is 5.32 Å². The van der Waals surface area contributed by atoms with E-state index in [0.29, 0.717) is 16.9 Å². The number of ketones is 1. The zero-order valence-electron chi connectivity index (χ0n) is 14.3. The fraction of sp³-hybridized carbons (Fsp3) is 0.143. The highest BCUT2D eigenvalue weighted by Gasteiger charge is 2.27. The van der Waals surface area contributed by atoms with Crippen LogP contribution in [0.1, 0.15) is 39.0 Å². The molecule has 0 spiro atoms. The first kappa shape index (κ1) is 17.6. The molecule has 132 valence electrons. The van der Waals surface area contributed by atoms with Crippen LogP contribution in [0.2, 0.25) is 0 Å². The van der Waals surface area contributed by atoms with E-state index in [1.807, 2.05) is 6.07 Å². The molecule has 0 saturated heterocycles. The molecule has 0 bridgehead atoms. The van der Waals surface area contributed by atoms with E-state index < -0.39 is 11.5 Å². The zero-order chi connectivity index (χ0) is 18.6. The van der Waals surface area contributed by atoms with Crippen molar-refractivity contribution in [1.29, 1.82) is 0 Å². The summed E-state index contributed by atoms with van der Waals surface area (Å²) in [4.78, 5) is 25.3. The van der Waals surface area contributed by atoms with Crippen LogP contribution >= 0.6 is 0 Å². The standard InChI is InChI=1S/C21H19NO4/c1-21(25,18-12-7-13-26-18)14-22-20(24)17-11-6-5-10-16(17)19(23)15-8-3-2-4-9-15/h2-13,25H,14H2,1H3,(H,22,24). The van der Waals surface area contributed by atoms with Gasteiger partial charge in [-0.15, -0.1) is 0 Å². The number of nitrogens with one attached hydrogen (secondary N) is 1. The Bertz CT molecular complexity index is 899. The summed E-state index contributed by atoms with van der Waals surface area (Å²) in [6.07, 6.45) is 1.46. The lowest BCUT2D eigenvalue weighted by atomic mass is 9.97. The van der Waals surface area contributed by atoms with E-state index in [4.69, 9.17) is 4.42 Å². The molecule has 3 aromatic rings. The maximum Gasteiger partial charge on any atom is 0.252 e. The highest BCUT2D eigenvalue weighted by atomic mass is 16.4. The van der Waals surface area contributed by atoms with Gasteiger partial charge in [-0.25, -0.2) is 0 Å². The molecule has 1 aromatic heterocycles. The first-order valence-corrected chi connectivity index (χ1v) is 8.22. The molecule has 5 nitrogen and oxygen atoms in total.